The number of rotatable bonds is 4. The quantitative estimate of drug-likeness (QED) is 0.331. The van der Waals surface area contributed by atoms with Crippen molar-refractivity contribution in [3.05, 3.63) is 57.6 Å². The number of aryl methyl sites for hydroxylation is 3. The van der Waals surface area contributed by atoms with Crippen molar-refractivity contribution < 1.29 is 27.1 Å². The maximum atomic E-state index is 6.55. The Morgan fingerprint density at radius 2 is 0.875 bits per heavy atom. The zero-order valence-electron chi connectivity index (χ0n) is 26.5. The molecule has 40 heavy (non-hydrogen) atoms. The van der Waals surface area contributed by atoms with E-state index in [9.17, 15) is 0 Å². The third-order valence-corrected chi connectivity index (χ3v) is 9.34. The van der Waals surface area contributed by atoms with Gasteiger partial charge in [-0.1, -0.05) is 97.7 Å². The van der Waals surface area contributed by atoms with Crippen molar-refractivity contribution in [1.82, 2.24) is 0 Å². The molecule has 0 aliphatic carbocycles. The SMILES string of the molecule is Cc1cc(C)c(OP2OCC3(CO2)COP(Oc2c(C(C)(C)C)cc(C)cc2C(C)(C)C)OC3)c(C(C)(C)C)c1. The molecule has 0 radical (unpaired) electrons. The Hall–Kier alpha value is -1.26. The zero-order valence-corrected chi connectivity index (χ0v) is 28.3. The molecule has 0 unspecified atom stereocenters. The van der Waals surface area contributed by atoms with Gasteiger partial charge in [-0.15, -0.1) is 0 Å². The topological polar surface area (TPSA) is 55.4 Å². The van der Waals surface area contributed by atoms with Gasteiger partial charge in [-0.3, -0.25) is 0 Å². The van der Waals surface area contributed by atoms with Crippen LogP contribution in [0.1, 0.15) is 95.7 Å². The second-order valence-corrected chi connectivity index (χ2v) is 16.9. The Bertz CT molecular complexity index is 1170. The second kappa shape index (κ2) is 11.4. The van der Waals surface area contributed by atoms with Gasteiger partial charge < -0.3 is 27.1 Å². The van der Waals surface area contributed by atoms with Crippen molar-refractivity contribution in [1.29, 1.82) is 0 Å². The fraction of sp³-hybridized carbons (Fsp3) is 0.625. The summed E-state index contributed by atoms with van der Waals surface area (Å²) in [6.45, 7) is 28.0. The normalized spacial score (nSPS) is 24.3. The van der Waals surface area contributed by atoms with E-state index in [1.165, 1.54) is 22.3 Å². The third-order valence-electron chi connectivity index (χ3n) is 7.31. The van der Waals surface area contributed by atoms with Crippen LogP contribution in [0.15, 0.2) is 24.3 Å². The van der Waals surface area contributed by atoms with Crippen LogP contribution >= 0.6 is 17.2 Å². The maximum absolute atomic E-state index is 6.55. The van der Waals surface area contributed by atoms with Crippen molar-refractivity contribution in [3.63, 3.8) is 0 Å². The van der Waals surface area contributed by atoms with E-state index in [0.717, 1.165) is 22.6 Å². The molecule has 0 bridgehead atoms. The van der Waals surface area contributed by atoms with Crippen molar-refractivity contribution >= 4 is 17.2 Å². The molecule has 0 atom stereocenters. The first kappa shape index (κ1) is 31.7. The highest BCUT2D eigenvalue weighted by molar-refractivity contribution is 7.42. The van der Waals surface area contributed by atoms with Crippen LogP contribution in [0.25, 0.3) is 0 Å². The molecule has 0 N–H and O–H groups in total. The van der Waals surface area contributed by atoms with Crippen molar-refractivity contribution in [2.24, 2.45) is 5.41 Å². The monoisotopic (exact) mass is 590 g/mol. The van der Waals surface area contributed by atoms with Crippen LogP contribution in [0.3, 0.4) is 0 Å². The highest BCUT2D eigenvalue weighted by atomic mass is 31.2. The summed E-state index contributed by atoms with van der Waals surface area (Å²) in [4.78, 5) is 0. The fourth-order valence-electron chi connectivity index (χ4n) is 4.96. The van der Waals surface area contributed by atoms with E-state index in [0.29, 0.717) is 26.4 Å². The van der Waals surface area contributed by atoms with Crippen LogP contribution in [0.5, 0.6) is 11.5 Å². The van der Waals surface area contributed by atoms with E-state index in [2.05, 4.69) is 107 Å². The van der Waals surface area contributed by atoms with E-state index in [-0.39, 0.29) is 21.7 Å². The van der Waals surface area contributed by atoms with Crippen LogP contribution in [0, 0.1) is 26.2 Å². The Labute approximate surface area is 244 Å². The first-order valence-corrected chi connectivity index (χ1v) is 16.3. The van der Waals surface area contributed by atoms with Gasteiger partial charge in [0.05, 0.1) is 31.8 Å². The molecule has 0 amide bonds. The number of hydrogen-bond donors (Lipinski definition) is 0. The first-order chi connectivity index (χ1) is 18.4. The molecule has 8 heteroatoms. The molecule has 2 aliphatic heterocycles. The molecule has 222 valence electrons. The van der Waals surface area contributed by atoms with Crippen LogP contribution in [-0.2, 0) is 34.3 Å². The van der Waals surface area contributed by atoms with Crippen molar-refractivity contribution in [2.75, 3.05) is 26.4 Å². The molecule has 0 saturated carbocycles. The molecule has 2 saturated heterocycles. The van der Waals surface area contributed by atoms with Crippen molar-refractivity contribution in [2.45, 2.75) is 99.3 Å². The molecule has 2 fully saturated rings. The zero-order chi connectivity index (χ0) is 29.7. The predicted octanol–water partition coefficient (Wildman–Crippen LogP) is 9.50. The lowest BCUT2D eigenvalue weighted by atomic mass is 9.78. The standard InChI is InChI=1S/C32H48O6P2/c1-21-13-23(3)27(24(14-21)29(4,5)6)37-39-33-17-32(18-34-39)19-35-40(36-20-32)38-28-25(30(7,8)9)15-22(2)16-26(28)31(10,11)12/h13-16H,17-20H2,1-12H3. The lowest BCUT2D eigenvalue weighted by molar-refractivity contribution is -0.0674. The summed E-state index contributed by atoms with van der Waals surface area (Å²) < 4.78 is 37.6. The summed E-state index contributed by atoms with van der Waals surface area (Å²) in [6, 6.07) is 8.77. The predicted molar refractivity (Wildman–Crippen MR) is 165 cm³/mol. The minimum absolute atomic E-state index is 0.0577. The van der Waals surface area contributed by atoms with Gasteiger partial charge in [0.25, 0.3) is 0 Å². The Kier molecular flexibility index (Phi) is 9.06. The molecule has 2 aromatic carbocycles. The minimum atomic E-state index is -1.55. The molecule has 6 nitrogen and oxygen atoms in total. The Morgan fingerprint density at radius 1 is 0.550 bits per heavy atom. The summed E-state index contributed by atoms with van der Waals surface area (Å²) >= 11 is 0. The minimum Gasteiger partial charge on any atom is -0.426 e. The average molecular weight is 591 g/mol. The van der Waals surface area contributed by atoms with Gasteiger partial charge in [-0.2, -0.15) is 0 Å². The van der Waals surface area contributed by atoms with Crippen LogP contribution in [-0.4, -0.2) is 26.4 Å². The number of hydrogen-bond acceptors (Lipinski definition) is 6. The first-order valence-electron chi connectivity index (χ1n) is 14.1. The maximum Gasteiger partial charge on any atom is 0.397 e. The average Bonchev–Trinajstić information content (AvgIpc) is 2.82. The Balaban J connectivity index is 1.42. The van der Waals surface area contributed by atoms with Crippen molar-refractivity contribution in [3.8, 4) is 11.5 Å². The van der Waals surface area contributed by atoms with Gasteiger partial charge >= 0.3 is 17.2 Å². The van der Waals surface area contributed by atoms with E-state index >= 15 is 0 Å². The molecule has 1 spiro atoms. The fourth-order valence-corrected chi connectivity index (χ4v) is 7.57. The molecule has 4 rings (SSSR count). The lowest BCUT2D eigenvalue weighted by Gasteiger charge is -2.42. The van der Waals surface area contributed by atoms with E-state index in [1.54, 1.807) is 0 Å². The van der Waals surface area contributed by atoms with E-state index in [1.807, 2.05) is 0 Å². The molecule has 2 aliphatic rings. The molecule has 2 heterocycles. The summed E-state index contributed by atoms with van der Waals surface area (Å²) in [5, 5.41) is 0. The smallest absolute Gasteiger partial charge is 0.397 e. The van der Waals surface area contributed by atoms with Crippen LogP contribution < -0.4 is 9.05 Å². The highest BCUT2D eigenvalue weighted by Gasteiger charge is 2.45. The van der Waals surface area contributed by atoms with E-state index < -0.39 is 17.2 Å². The van der Waals surface area contributed by atoms with Gasteiger partial charge in [-0.25, -0.2) is 0 Å². The van der Waals surface area contributed by atoms with Gasteiger partial charge in [0, 0.05) is 16.7 Å². The Morgan fingerprint density at radius 3 is 1.25 bits per heavy atom. The third kappa shape index (κ3) is 7.20. The molecular weight excluding hydrogens is 542 g/mol. The van der Waals surface area contributed by atoms with E-state index in [4.69, 9.17) is 27.1 Å². The highest BCUT2D eigenvalue weighted by Crippen LogP contribution is 2.55. The summed E-state index contributed by atoms with van der Waals surface area (Å²) in [7, 11) is -3.06. The lowest BCUT2D eigenvalue weighted by Crippen LogP contribution is -2.45. The van der Waals surface area contributed by atoms with Gasteiger partial charge in [-0.05, 0) is 42.6 Å². The van der Waals surface area contributed by atoms with Gasteiger partial charge in [0.1, 0.15) is 11.5 Å². The largest absolute Gasteiger partial charge is 0.426 e. The number of benzene rings is 2. The summed E-state index contributed by atoms with van der Waals surface area (Å²) in [5.74, 6) is 1.74. The van der Waals surface area contributed by atoms with Gasteiger partial charge in [0.15, 0.2) is 0 Å². The molecule has 0 aromatic heterocycles. The van der Waals surface area contributed by atoms with Crippen LogP contribution in [0.2, 0.25) is 0 Å². The molecular formula is C32H48O6P2. The molecule has 2 aromatic rings. The summed E-state index contributed by atoms with van der Waals surface area (Å²) in [6.07, 6.45) is 0. The van der Waals surface area contributed by atoms with Gasteiger partial charge in [0.2, 0.25) is 0 Å². The summed E-state index contributed by atoms with van der Waals surface area (Å²) in [5.41, 5.74) is 6.42. The second-order valence-electron chi connectivity index (χ2n) is 14.6. The van der Waals surface area contributed by atoms with Crippen LogP contribution in [0.4, 0.5) is 0 Å².